The van der Waals surface area contributed by atoms with Crippen molar-refractivity contribution in [1.29, 1.82) is 5.41 Å². The molecule has 0 atom stereocenters. The molecule has 6 heteroatoms. The highest BCUT2D eigenvalue weighted by atomic mass is 16.2. The largest absolute Gasteiger partial charge is 0.338 e. The molecule has 6 nitrogen and oxygen atoms in total. The number of aromatic amines is 1. The van der Waals surface area contributed by atoms with Gasteiger partial charge < -0.3 is 15.7 Å². The number of aromatic nitrogens is 2. The summed E-state index contributed by atoms with van der Waals surface area (Å²) < 4.78 is 0. The van der Waals surface area contributed by atoms with E-state index in [1.807, 2.05) is 44.2 Å². The number of rotatable bonds is 5. The number of nitrogens with zero attached hydrogens (tertiary/aromatic N) is 1. The molecule has 2 amide bonds. The number of hydrogen-bond acceptors (Lipinski definition) is 3. The van der Waals surface area contributed by atoms with E-state index >= 15 is 0 Å². The van der Waals surface area contributed by atoms with Gasteiger partial charge in [-0.15, -0.1) is 0 Å². The molecule has 1 aromatic heterocycles. The van der Waals surface area contributed by atoms with Crippen molar-refractivity contribution in [2.24, 2.45) is 0 Å². The van der Waals surface area contributed by atoms with Gasteiger partial charge in [-0.25, -0.2) is 9.78 Å². The Morgan fingerprint density at radius 2 is 1.88 bits per heavy atom. The van der Waals surface area contributed by atoms with Crippen molar-refractivity contribution in [1.82, 2.24) is 15.3 Å². The maximum absolute atomic E-state index is 11.6. The summed E-state index contributed by atoms with van der Waals surface area (Å²) in [7, 11) is 0. The smallest absolute Gasteiger partial charge is 0.321 e. The zero-order valence-corrected chi connectivity index (χ0v) is 14.3. The first-order valence-corrected chi connectivity index (χ1v) is 8.23. The van der Waals surface area contributed by atoms with E-state index in [2.05, 4.69) is 32.7 Å². The Hall–Kier alpha value is -3.15. The molecule has 0 aliphatic heterocycles. The Morgan fingerprint density at radius 1 is 1.16 bits per heavy atom. The van der Waals surface area contributed by atoms with Crippen LogP contribution in [0.25, 0.3) is 22.2 Å². The molecule has 3 aromatic rings. The average Bonchev–Trinajstić information content (AvgIpc) is 2.96. The fraction of sp³-hybridized carbons (Fsp3) is 0.211. The Bertz CT molecular complexity index is 911. The first-order valence-electron chi connectivity index (χ1n) is 8.23. The van der Waals surface area contributed by atoms with Crippen molar-refractivity contribution < 1.29 is 4.79 Å². The molecule has 0 radical (unpaired) electrons. The van der Waals surface area contributed by atoms with Crippen LogP contribution in [0.4, 0.5) is 10.7 Å². The summed E-state index contributed by atoms with van der Waals surface area (Å²) in [5.74, 6) is 0.426. The lowest BCUT2D eigenvalue weighted by molar-refractivity contribution is 0.252. The summed E-state index contributed by atoms with van der Waals surface area (Å²) in [6.07, 6.45) is 0.675. The fourth-order valence-electron chi connectivity index (χ4n) is 2.68. The van der Waals surface area contributed by atoms with Crippen LogP contribution in [0.15, 0.2) is 42.5 Å². The summed E-state index contributed by atoms with van der Waals surface area (Å²) in [5, 5.41) is 12.9. The van der Waals surface area contributed by atoms with Crippen molar-refractivity contribution in [2.75, 3.05) is 11.9 Å². The lowest BCUT2D eigenvalue weighted by Gasteiger charge is -2.04. The maximum Gasteiger partial charge on any atom is 0.321 e. The molecular formula is C19H21N5O. The topological polar surface area (TPSA) is 93.7 Å². The predicted octanol–water partition coefficient (Wildman–Crippen LogP) is 3.95. The number of fused-ring (bicyclic) bond motifs is 1. The predicted molar refractivity (Wildman–Crippen MR) is 101 cm³/mol. The van der Waals surface area contributed by atoms with Gasteiger partial charge in [0.2, 0.25) is 5.95 Å². The van der Waals surface area contributed by atoms with Crippen molar-refractivity contribution in [3.05, 3.63) is 48.0 Å². The van der Waals surface area contributed by atoms with Crippen LogP contribution in [0, 0.1) is 5.41 Å². The number of nitrogens with one attached hydrogen (secondary N) is 4. The van der Waals surface area contributed by atoms with Crippen LogP contribution in [0.3, 0.4) is 0 Å². The number of amides is 2. The molecule has 25 heavy (non-hydrogen) atoms. The van der Waals surface area contributed by atoms with E-state index in [-0.39, 0.29) is 6.03 Å². The van der Waals surface area contributed by atoms with Gasteiger partial charge in [-0.3, -0.25) is 5.32 Å². The highest BCUT2D eigenvalue weighted by molar-refractivity contribution is 5.90. The molecule has 4 N–H and O–H groups in total. The first-order chi connectivity index (χ1) is 12.0. The number of carbonyl (C=O) groups excluding carboxylic acids is 1. The second kappa shape index (κ2) is 7.17. The van der Waals surface area contributed by atoms with Crippen LogP contribution in [-0.2, 0) is 6.42 Å². The minimum atomic E-state index is -0.279. The monoisotopic (exact) mass is 335 g/mol. The Morgan fingerprint density at radius 3 is 2.56 bits per heavy atom. The van der Waals surface area contributed by atoms with Crippen LogP contribution in [-0.4, -0.2) is 28.3 Å². The summed E-state index contributed by atoms with van der Waals surface area (Å²) in [6.45, 7) is 4.23. The molecule has 0 unspecified atom stereocenters. The summed E-state index contributed by atoms with van der Waals surface area (Å²) >= 11 is 0. The zero-order chi connectivity index (χ0) is 17.8. The quantitative estimate of drug-likeness (QED) is 0.531. The standard InChI is InChI=1S/C19H21N5O/c1-3-21-19(25)24-18-22-16-9-8-15(11-17(16)23-18)14-6-4-13(5-7-14)10-12(2)20/h4-9,11,20H,3,10H2,1-2H3,(H3,21,22,23,24,25). The van der Waals surface area contributed by atoms with Gasteiger partial charge in [0.15, 0.2) is 0 Å². The van der Waals surface area contributed by atoms with Crippen LogP contribution in [0.1, 0.15) is 19.4 Å². The number of anilines is 1. The number of H-pyrrole nitrogens is 1. The lowest BCUT2D eigenvalue weighted by atomic mass is 10.0. The van der Waals surface area contributed by atoms with Gasteiger partial charge >= 0.3 is 6.03 Å². The van der Waals surface area contributed by atoms with E-state index in [1.165, 1.54) is 0 Å². The molecule has 1 heterocycles. The minimum absolute atomic E-state index is 0.279. The highest BCUT2D eigenvalue weighted by Crippen LogP contribution is 2.24. The maximum atomic E-state index is 11.6. The second-order valence-electron chi connectivity index (χ2n) is 5.96. The van der Waals surface area contributed by atoms with Gasteiger partial charge in [0.05, 0.1) is 11.0 Å². The molecule has 3 rings (SSSR count). The normalized spacial score (nSPS) is 10.6. The summed E-state index contributed by atoms with van der Waals surface area (Å²) in [4.78, 5) is 19.1. The van der Waals surface area contributed by atoms with Crippen molar-refractivity contribution in [3.63, 3.8) is 0 Å². The van der Waals surface area contributed by atoms with Crippen molar-refractivity contribution in [3.8, 4) is 11.1 Å². The summed E-state index contributed by atoms with van der Waals surface area (Å²) in [5.41, 5.74) is 5.61. The van der Waals surface area contributed by atoms with Gasteiger partial charge in [0.1, 0.15) is 0 Å². The van der Waals surface area contributed by atoms with Crippen LogP contribution < -0.4 is 10.6 Å². The molecule has 0 aliphatic rings. The zero-order valence-electron chi connectivity index (χ0n) is 14.3. The molecule has 0 bridgehead atoms. The number of urea groups is 1. The minimum Gasteiger partial charge on any atom is -0.338 e. The van der Waals surface area contributed by atoms with Crippen LogP contribution in [0.5, 0.6) is 0 Å². The van der Waals surface area contributed by atoms with Crippen molar-refractivity contribution >= 4 is 28.7 Å². The van der Waals surface area contributed by atoms with E-state index in [1.54, 1.807) is 0 Å². The Labute approximate surface area is 146 Å². The van der Waals surface area contributed by atoms with Crippen LogP contribution in [0.2, 0.25) is 0 Å². The third-order valence-electron chi connectivity index (χ3n) is 3.81. The number of carbonyl (C=O) groups is 1. The van der Waals surface area contributed by atoms with E-state index in [9.17, 15) is 4.79 Å². The molecular weight excluding hydrogens is 314 g/mol. The third kappa shape index (κ3) is 4.03. The summed E-state index contributed by atoms with van der Waals surface area (Å²) in [6, 6.07) is 13.9. The molecule has 0 fully saturated rings. The molecule has 128 valence electrons. The highest BCUT2D eigenvalue weighted by Gasteiger charge is 2.07. The molecule has 0 saturated heterocycles. The fourth-order valence-corrected chi connectivity index (χ4v) is 2.68. The number of imidazole rings is 1. The molecule has 0 aliphatic carbocycles. The van der Waals surface area contributed by atoms with Crippen LogP contribution >= 0.6 is 0 Å². The SMILES string of the molecule is CCNC(=O)Nc1nc2ccc(-c3ccc(CC(C)=N)cc3)cc2[nH]1. The third-order valence-corrected chi connectivity index (χ3v) is 3.81. The van der Waals surface area contributed by atoms with Crippen molar-refractivity contribution in [2.45, 2.75) is 20.3 Å². The van der Waals surface area contributed by atoms with E-state index in [0.29, 0.717) is 24.6 Å². The number of hydrogen-bond donors (Lipinski definition) is 4. The first kappa shape index (κ1) is 16.7. The van der Waals surface area contributed by atoms with E-state index < -0.39 is 0 Å². The lowest BCUT2D eigenvalue weighted by Crippen LogP contribution is -2.28. The van der Waals surface area contributed by atoms with Gasteiger partial charge in [-0.05, 0) is 42.7 Å². The second-order valence-corrected chi connectivity index (χ2v) is 5.96. The van der Waals surface area contributed by atoms with Gasteiger partial charge in [-0.2, -0.15) is 0 Å². The van der Waals surface area contributed by atoms with E-state index in [0.717, 1.165) is 27.7 Å². The van der Waals surface area contributed by atoms with Gasteiger partial charge in [0.25, 0.3) is 0 Å². The Balaban J connectivity index is 1.83. The van der Waals surface area contributed by atoms with E-state index in [4.69, 9.17) is 5.41 Å². The van der Waals surface area contributed by atoms with Gasteiger partial charge in [-0.1, -0.05) is 30.3 Å². The average molecular weight is 335 g/mol. The number of benzene rings is 2. The molecule has 0 saturated carbocycles. The molecule has 2 aromatic carbocycles. The van der Waals surface area contributed by atoms with Gasteiger partial charge in [0, 0.05) is 18.7 Å². The molecule has 0 spiro atoms. The Kier molecular flexibility index (Phi) is 4.79.